The van der Waals surface area contributed by atoms with E-state index in [0.29, 0.717) is 0 Å². The van der Waals surface area contributed by atoms with Crippen LogP contribution in [0.3, 0.4) is 0 Å². The predicted octanol–water partition coefficient (Wildman–Crippen LogP) is 3.12. The Hall–Kier alpha value is -0.710. The lowest BCUT2D eigenvalue weighted by Gasteiger charge is -2.10. The Bertz CT molecular complexity index is 306. The number of halogens is 3. The molecule has 0 aliphatic carbocycles. The summed E-state index contributed by atoms with van der Waals surface area (Å²) < 4.78 is 2.98. The Balaban J connectivity index is 0. The molecule has 0 atom stereocenters. The van der Waals surface area contributed by atoms with Gasteiger partial charge in [0.05, 0.1) is 0 Å². The summed E-state index contributed by atoms with van der Waals surface area (Å²) in [4.78, 5) is 20.3. The van der Waals surface area contributed by atoms with Crippen LogP contribution in [-0.2, 0) is 14.3 Å². The zero-order chi connectivity index (χ0) is 14.2. The third-order valence-electron chi connectivity index (χ3n) is 1.08. The SMILES string of the molecule is C=C(C)C(=O)O.C=C(C)C(=O)OCC(Cl)(Cl)Cl. The van der Waals surface area contributed by atoms with Crippen molar-refractivity contribution in [2.45, 2.75) is 17.6 Å². The molecule has 1 N–H and O–H groups in total. The molecule has 0 amide bonds. The number of esters is 1. The minimum atomic E-state index is -1.55. The van der Waals surface area contributed by atoms with E-state index < -0.39 is 15.7 Å². The number of rotatable bonds is 3. The van der Waals surface area contributed by atoms with E-state index in [0.717, 1.165) is 0 Å². The van der Waals surface area contributed by atoms with Crippen molar-refractivity contribution >= 4 is 46.7 Å². The lowest BCUT2D eigenvalue weighted by molar-refractivity contribution is -0.138. The van der Waals surface area contributed by atoms with Crippen molar-refractivity contribution in [2.24, 2.45) is 0 Å². The molecular formula is C10H13Cl3O4. The summed E-state index contributed by atoms with van der Waals surface area (Å²) in [5, 5.41) is 7.89. The molecule has 4 nitrogen and oxygen atoms in total. The first-order chi connectivity index (χ1) is 7.47. The second-order valence-electron chi connectivity index (χ2n) is 3.06. The molecule has 0 rings (SSSR count). The van der Waals surface area contributed by atoms with Crippen LogP contribution in [0, 0.1) is 0 Å². The predicted molar refractivity (Wildman–Crippen MR) is 68.5 cm³/mol. The van der Waals surface area contributed by atoms with Crippen LogP contribution < -0.4 is 0 Å². The van der Waals surface area contributed by atoms with E-state index in [9.17, 15) is 9.59 Å². The lowest BCUT2D eigenvalue weighted by Crippen LogP contribution is -2.17. The summed E-state index contributed by atoms with van der Waals surface area (Å²) in [6, 6.07) is 0. The third-order valence-corrected chi connectivity index (χ3v) is 1.41. The van der Waals surface area contributed by atoms with Crippen LogP contribution in [0.25, 0.3) is 0 Å². The number of carboxylic acid groups (broad SMARTS) is 1. The molecule has 0 aromatic rings. The van der Waals surface area contributed by atoms with Gasteiger partial charge in [0.1, 0.15) is 6.61 Å². The van der Waals surface area contributed by atoms with Crippen molar-refractivity contribution in [1.82, 2.24) is 0 Å². The molecule has 0 heterocycles. The average Bonchev–Trinajstić information content (AvgIpc) is 2.13. The average molecular weight is 304 g/mol. The topological polar surface area (TPSA) is 63.6 Å². The summed E-state index contributed by atoms with van der Waals surface area (Å²) >= 11 is 15.9. The number of alkyl halides is 3. The van der Waals surface area contributed by atoms with Gasteiger partial charge >= 0.3 is 11.9 Å². The number of hydrogen-bond donors (Lipinski definition) is 1. The first kappa shape index (κ1) is 18.6. The van der Waals surface area contributed by atoms with Crippen LogP contribution in [0.4, 0.5) is 0 Å². The molecule has 0 fully saturated rings. The summed E-state index contributed by atoms with van der Waals surface area (Å²) in [5.41, 5.74) is 0.453. The Morgan fingerprint density at radius 3 is 1.71 bits per heavy atom. The van der Waals surface area contributed by atoms with E-state index in [1.54, 1.807) is 0 Å². The molecular weight excluding hydrogens is 290 g/mol. The molecule has 0 spiro atoms. The van der Waals surface area contributed by atoms with Crippen molar-refractivity contribution in [2.75, 3.05) is 6.61 Å². The van der Waals surface area contributed by atoms with E-state index in [-0.39, 0.29) is 17.8 Å². The van der Waals surface area contributed by atoms with Crippen molar-refractivity contribution in [3.8, 4) is 0 Å². The Labute approximate surface area is 115 Å². The van der Waals surface area contributed by atoms with E-state index in [1.165, 1.54) is 13.8 Å². The summed E-state index contributed by atoms with van der Waals surface area (Å²) in [5.74, 6) is -1.49. The molecule has 0 aliphatic rings. The molecule has 0 aromatic carbocycles. The third kappa shape index (κ3) is 15.3. The van der Waals surface area contributed by atoms with E-state index >= 15 is 0 Å². The van der Waals surface area contributed by atoms with Gasteiger partial charge in [0, 0.05) is 11.1 Å². The molecule has 17 heavy (non-hydrogen) atoms. The second-order valence-corrected chi connectivity index (χ2v) is 5.57. The largest absolute Gasteiger partial charge is 0.478 e. The fourth-order valence-electron chi connectivity index (χ4n) is 0.271. The summed E-state index contributed by atoms with van der Waals surface area (Å²) in [6.45, 7) is 9.21. The fourth-order valence-corrected chi connectivity index (χ4v) is 0.434. The van der Waals surface area contributed by atoms with Crippen LogP contribution in [0.5, 0.6) is 0 Å². The van der Waals surface area contributed by atoms with Crippen molar-refractivity contribution in [1.29, 1.82) is 0 Å². The molecule has 7 heteroatoms. The molecule has 98 valence electrons. The molecule has 0 aliphatic heterocycles. The maximum absolute atomic E-state index is 10.7. The molecule has 0 saturated heterocycles. The Morgan fingerprint density at radius 1 is 1.18 bits per heavy atom. The van der Waals surface area contributed by atoms with Gasteiger partial charge < -0.3 is 9.84 Å². The van der Waals surface area contributed by atoms with Crippen LogP contribution in [0.2, 0.25) is 0 Å². The Kier molecular flexibility index (Phi) is 9.21. The van der Waals surface area contributed by atoms with E-state index in [1.807, 2.05) is 0 Å². The van der Waals surface area contributed by atoms with Gasteiger partial charge in [-0.25, -0.2) is 9.59 Å². The highest BCUT2D eigenvalue weighted by molar-refractivity contribution is 6.67. The maximum atomic E-state index is 10.7. The molecule has 0 bridgehead atoms. The second kappa shape index (κ2) is 8.39. The molecule has 0 saturated carbocycles. The van der Waals surface area contributed by atoms with Crippen molar-refractivity contribution in [3.05, 3.63) is 24.3 Å². The van der Waals surface area contributed by atoms with Gasteiger partial charge in [-0.05, 0) is 13.8 Å². The number of hydrogen-bond acceptors (Lipinski definition) is 3. The quantitative estimate of drug-likeness (QED) is 0.494. The zero-order valence-corrected chi connectivity index (χ0v) is 11.7. The number of aliphatic carboxylic acids is 1. The molecule has 0 radical (unpaired) electrons. The van der Waals surface area contributed by atoms with Gasteiger partial charge in [0.25, 0.3) is 0 Å². The van der Waals surface area contributed by atoms with Crippen LogP contribution in [-0.4, -0.2) is 27.4 Å². The summed E-state index contributed by atoms with van der Waals surface area (Å²) in [7, 11) is 0. The smallest absolute Gasteiger partial charge is 0.333 e. The van der Waals surface area contributed by atoms with Gasteiger partial charge in [-0.15, -0.1) is 0 Å². The van der Waals surface area contributed by atoms with Gasteiger partial charge in [-0.2, -0.15) is 0 Å². The highest BCUT2D eigenvalue weighted by Gasteiger charge is 2.22. The van der Waals surface area contributed by atoms with Gasteiger partial charge in [-0.3, -0.25) is 0 Å². The van der Waals surface area contributed by atoms with Gasteiger partial charge in [0.2, 0.25) is 3.79 Å². The zero-order valence-electron chi connectivity index (χ0n) is 9.43. The van der Waals surface area contributed by atoms with E-state index in [2.05, 4.69) is 17.9 Å². The standard InChI is InChI=1S/C6H7Cl3O2.C4H6O2/c1-4(2)5(10)11-3-6(7,8)9;1-3(2)4(5)6/h1,3H2,2H3;1H2,2H3,(H,5,6). The van der Waals surface area contributed by atoms with Crippen LogP contribution in [0.1, 0.15) is 13.8 Å². The highest BCUT2D eigenvalue weighted by atomic mass is 35.6. The van der Waals surface area contributed by atoms with Gasteiger partial charge in [0.15, 0.2) is 0 Å². The monoisotopic (exact) mass is 302 g/mol. The minimum Gasteiger partial charge on any atom is -0.478 e. The Morgan fingerprint density at radius 2 is 1.53 bits per heavy atom. The van der Waals surface area contributed by atoms with Crippen molar-refractivity contribution < 1.29 is 19.4 Å². The summed E-state index contributed by atoms with van der Waals surface area (Å²) in [6.07, 6.45) is 0. The fraction of sp³-hybridized carbons (Fsp3) is 0.400. The minimum absolute atomic E-state index is 0.176. The lowest BCUT2D eigenvalue weighted by atomic mass is 10.4. The number of ether oxygens (including phenoxy) is 1. The highest BCUT2D eigenvalue weighted by Crippen LogP contribution is 2.26. The maximum Gasteiger partial charge on any atom is 0.333 e. The van der Waals surface area contributed by atoms with E-state index in [4.69, 9.17) is 39.9 Å². The number of carbonyl (C=O) groups excluding carboxylic acids is 1. The first-order valence-corrected chi connectivity index (χ1v) is 5.39. The van der Waals surface area contributed by atoms with Crippen LogP contribution >= 0.6 is 34.8 Å². The number of carboxylic acids is 1. The first-order valence-electron chi connectivity index (χ1n) is 4.25. The number of carbonyl (C=O) groups is 2. The molecule has 0 aromatic heterocycles. The van der Waals surface area contributed by atoms with Gasteiger partial charge in [-0.1, -0.05) is 48.0 Å². The molecule has 0 unspecified atom stereocenters. The normalized spacial score (nSPS) is 9.71. The van der Waals surface area contributed by atoms with Crippen molar-refractivity contribution in [3.63, 3.8) is 0 Å². The van der Waals surface area contributed by atoms with Crippen LogP contribution in [0.15, 0.2) is 24.3 Å².